The van der Waals surface area contributed by atoms with Crippen molar-refractivity contribution in [3.8, 4) is 0 Å². The van der Waals surface area contributed by atoms with E-state index in [1.54, 1.807) is 25.2 Å². The van der Waals surface area contributed by atoms with Crippen LogP contribution in [0.1, 0.15) is 30.1 Å². The van der Waals surface area contributed by atoms with Gasteiger partial charge in [-0.15, -0.1) is 0 Å². The first-order chi connectivity index (χ1) is 8.99. The number of rotatable bonds is 2. The number of amides is 1. The van der Waals surface area contributed by atoms with E-state index in [1.807, 2.05) is 12.1 Å². The van der Waals surface area contributed by atoms with Gasteiger partial charge in [-0.25, -0.2) is 4.98 Å². The molecule has 2 heterocycles. The minimum absolute atomic E-state index is 0.0206. The van der Waals surface area contributed by atoms with Gasteiger partial charge in [-0.05, 0) is 31.9 Å². The lowest BCUT2D eigenvalue weighted by Crippen LogP contribution is -2.46. The normalized spacial score (nSPS) is 23.3. The van der Waals surface area contributed by atoms with Gasteiger partial charge in [0.05, 0.1) is 5.56 Å². The summed E-state index contributed by atoms with van der Waals surface area (Å²) in [5, 5.41) is 0. The second kappa shape index (κ2) is 5.57. The van der Waals surface area contributed by atoms with Crippen LogP contribution in [-0.2, 0) is 0 Å². The zero-order valence-electron chi connectivity index (χ0n) is 11.8. The van der Waals surface area contributed by atoms with Gasteiger partial charge < -0.3 is 15.5 Å². The molecule has 2 rings (SSSR count). The first-order valence-electron chi connectivity index (χ1n) is 6.69. The van der Waals surface area contributed by atoms with Gasteiger partial charge in [0, 0.05) is 38.9 Å². The van der Waals surface area contributed by atoms with E-state index >= 15 is 0 Å². The van der Waals surface area contributed by atoms with Crippen molar-refractivity contribution in [1.29, 1.82) is 0 Å². The zero-order chi connectivity index (χ0) is 14.0. The van der Waals surface area contributed by atoms with Gasteiger partial charge in [0.15, 0.2) is 0 Å². The second-order valence-corrected chi connectivity index (χ2v) is 5.43. The maximum Gasteiger partial charge on any atom is 0.254 e. The van der Waals surface area contributed by atoms with Crippen LogP contribution in [0.2, 0.25) is 0 Å². The average Bonchev–Trinajstić information content (AvgIpc) is 2.38. The van der Waals surface area contributed by atoms with Crippen molar-refractivity contribution in [2.24, 2.45) is 5.73 Å². The highest BCUT2D eigenvalue weighted by atomic mass is 16.2. The van der Waals surface area contributed by atoms with Gasteiger partial charge in [0.25, 0.3) is 5.91 Å². The first kappa shape index (κ1) is 13.8. The molecule has 0 aromatic carbocycles. The van der Waals surface area contributed by atoms with Crippen molar-refractivity contribution >= 4 is 11.7 Å². The fraction of sp³-hybridized carbons (Fsp3) is 0.571. The molecule has 1 saturated heterocycles. The molecule has 1 aliphatic heterocycles. The van der Waals surface area contributed by atoms with Crippen LogP contribution in [0.25, 0.3) is 0 Å². The number of carbonyl (C=O) groups is 1. The molecule has 1 aromatic rings. The smallest absolute Gasteiger partial charge is 0.254 e. The SMILES string of the molecule is CC1CC(N)CCN1c1ccc(C(=O)N(C)C)cn1. The van der Waals surface area contributed by atoms with Gasteiger partial charge in [0.2, 0.25) is 0 Å². The molecule has 1 amide bonds. The van der Waals surface area contributed by atoms with Crippen LogP contribution in [0.15, 0.2) is 18.3 Å². The van der Waals surface area contributed by atoms with Crippen LogP contribution in [0.4, 0.5) is 5.82 Å². The average molecular weight is 262 g/mol. The molecule has 2 atom stereocenters. The standard InChI is InChI=1S/C14H22N4O/c1-10-8-12(15)6-7-18(10)13-5-4-11(9-16-13)14(19)17(2)3/h4-5,9-10,12H,6-8,15H2,1-3H3. The maximum atomic E-state index is 11.8. The Morgan fingerprint density at radius 3 is 2.74 bits per heavy atom. The van der Waals surface area contributed by atoms with E-state index in [2.05, 4.69) is 16.8 Å². The van der Waals surface area contributed by atoms with Gasteiger partial charge >= 0.3 is 0 Å². The number of nitrogens with zero attached hydrogens (tertiary/aromatic N) is 3. The zero-order valence-corrected chi connectivity index (χ0v) is 11.8. The van der Waals surface area contributed by atoms with Crippen molar-refractivity contribution in [1.82, 2.24) is 9.88 Å². The maximum absolute atomic E-state index is 11.8. The summed E-state index contributed by atoms with van der Waals surface area (Å²) in [5.74, 6) is 0.905. The summed E-state index contributed by atoms with van der Waals surface area (Å²) in [6.07, 6.45) is 3.63. The number of carbonyl (C=O) groups excluding carboxylic acids is 1. The van der Waals surface area contributed by atoms with Crippen LogP contribution in [0.3, 0.4) is 0 Å². The van der Waals surface area contributed by atoms with E-state index < -0.39 is 0 Å². The minimum Gasteiger partial charge on any atom is -0.354 e. The Morgan fingerprint density at radius 1 is 1.47 bits per heavy atom. The Morgan fingerprint density at radius 2 is 2.21 bits per heavy atom. The van der Waals surface area contributed by atoms with Crippen LogP contribution in [-0.4, -0.2) is 48.5 Å². The Bertz CT molecular complexity index is 443. The fourth-order valence-corrected chi connectivity index (χ4v) is 2.49. The summed E-state index contributed by atoms with van der Waals surface area (Å²) < 4.78 is 0. The fourth-order valence-electron chi connectivity index (χ4n) is 2.49. The number of hydrogen-bond donors (Lipinski definition) is 1. The van der Waals surface area contributed by atoms with Gasteiger partial charge in [0.1, 0.15) is 5.82 Å². The molecule has 5 heteroatoms. The number of aromatic nitrogens is 1. The second-order valence-electron chi connectivity index (χ2n) is 5.43. The summed E-state index contributed by atoms with van der Waals surface area (Å²) >= 11 is 0. The minimum atomic E-state index is -0.0206. The van der Waals surface area contributed by atoms with Crippen molar-refractivity contribution in [2.45, 2.75) is 31.8 Å². The Hall–Kier alpha value is -1.62. The monoisotopic (exact) mass is 262 g/mol. The lowest BCUT2D eigenvalue weighted by atomic mass is 9.99. The molecule has 0 spiro atoms. The molecule has 1 aromatic heterocycles. The van der Waals surface area contributed by atoms with Crippen molar-refractivity contribution in [2.75, 3.05) is 25.5 Å². The molecule has 0 radical (unpaired) electrons. The first-order valence-corrected chi connectivity index (χ1v) is 6.69. The topological polar surface area (TPSA) is 62.5 Å². The van der Waals surface area contributed by atoms with Gasteiger partial charge in [-0.1, -0.05) is 0 Å². The van der Waals surface area contributed by atoms with E-state index in [1.165, 1.54) is 0 Å². The molecule has 1 fully saturated rings. The Kier molecular flexibility index (Phi) is 4.04. The van der Waals surface area contributed by atoms with Crippen molar-refractivity contribution in [3.63, 3.8) is 0 Å². The Balaban J connectivity index is 2.12. The predicted octanol–water partition coefficient (Wildman–Crippen LogP) is 1.10. The van der Waals surface area contributed by atoms with E-state index in [0.717, 1.165) is 25.2 Å². The van der Waals surface area contributed by atoms with Crippen molar-refractivity contribution in [3.05, 3.63) is 23.9 Å². The lowest BCUT2D eigenvalue weighted by Gasteiger charge is -2.37. The van der Waals surface area contributed by atoms with Gasteiger partial charge in [-0.2, -0.15) is 0 Å². The number of nitrogens with two attached hydrogens (primary N) is 1. The van der Waals surface area contributed by atoms with E-state index in [-0.39, 0.29) is 5.91 Å². The lowest BCUT2D eigenvalue weighted by molar-refractivity contribution is 0.0827. The number of pyridine rings is 1. The molecule has 5 nitrogen and oxygen atoms in total. The number of piperidine rings is 1. The summed E-state index contributed by atoms with van der Waals surface area (Å²) in [5.41, 5.74) is 6.59. The molecule has 0 saturated carbocycles. The molecule has 0 aliphatic carbocycles. The van der Waals surface area contributed by atoms with Gasteiger partial charge in [-0.3, -0.25) is 4.79 Å². The highest BCUT2D eigenvalue weighted by Gasteiger charge is 2.24. The molecule has 0 bridgehead atoms. The quantitative estimate of drug-likeness (QED) is 0.867. The highest BCUT2D eigenvalue weighted by Crippen LogP contribution is 2.22. The molecular weight excluding hydrogens is 240 g/mol. The van der Waals surface area contributed by atoms with Crippen molar-refractivity contribution < 1.29 is 4.79 Å². The summed E-state index contributed by atoms with van der Waals surface area (Å²) in [6.45, 7) is 3.09. The third kappa shape index (κ3) is 3.04. The predicted molar refractivity (Wildman–Crippen MR) is 76.3 cm³/mol. The van der Waals surface area contributed by atoms with Crippen LogP contribution in [0.5, 0.6) is 0 Å². The summed E-state index contributed by atoms with van der Waals surface area (Å²) in [4.78, 5) is 20.0. The summed E-state index contributed by atoms with van der Waals surface area (Å²) in [6, 6.07) is 4.45. The molecule has 2 N–H and O–H groups in total. The molecule has 19 heavy (non-hydrogen) atoms. The van der Waals surface area contributed by atoms with E-state index in [9.17, 15) is 4.79 Å². The van der Waals surface area contributed by atoms with Crippen LogP contribution >= 0.6 is 0 Å². The Labute approximate surface area is 114 Å². The van der Waals surface area contributed by atoms with Crippen LogP contribution in [0, 0.1) is 0 Å². The van der Waals surface area contributed by atoms with E-state index in [0.29, 0.717) is 17.6 Å². The molecular formula is C14H22N4O. The number of anilines is 1. The van der Waals surface area contributed by atoms with E-state index in [4.69, 9.17) is 5.73 Å². The highest BCUT2D eigenvalue weighted by molar-refractivity contribution is 5.93. The molecule has 2 unspecified atom stereocenters. The third-order valence-corrected chi connectivity index (χ3v) is 3.61. The third-order valence-electron chi connectivity index (χ3n) is 3.61. The molecule has 1 aliphatic rings. The molecule has 104 valence electrons. The summed E-state index contributed by atoms with van der Waals surface area (Å²) in [7, 11) is 3.48. The van der Waals surface area contributed by atoms with Crippen LogP contribution < -0.4 is 10.6 Å². The largest absolute Gasteiger partial charge is 0.354 e. The number of hydrogen-bond acceptors (Lipinski definition) is 4.